The van der Waals surface area contributed by atoms with Crippen molar-refractivity contribution in [3.05, 3.63) is 24.6 Å². The summed E-state index contributed by atoms with van der Waals surface area (Å²) in [5.74, 6) is 0. The molecule has 0 atom stereocenters. The SMILES string of the molecule is C1=C[N]C=C1.[Co]. The summed E-state index contributed by atoms with van der Waals surface area (Å²) in [6.45, 7) is 0. The summed E-state index contributed by atoms with van der Waals surface area (Å²) in [7, 11) is 0. The second kappa shape index (κ2) is 3.00. The first-order valence-corrected chi connectivity index (χ1v) is 1.52. The molecule has 1 nitrogen and oxygen atoms in total. The maximum absolute atomic E-state index is 3.72. The van der Waals surface area contributed by atoms with Crippen LogP contribution in [-0.4, -0.2) is 0 Å². The minimum Gasteiger partial charge on any atom is -0.265 e. The average Bonchev–Trinajstić information content (AvgIpc) is 1.76. The summed E-state index contributed by atoms with van der Waals surface area (Å²) in [6, 6.07) is 0. The van der Waals surface area contributed by atoms with Gasteiger partial charge in [-0.15, -0.1) is 0 Å². The van der Waals surface area contributed by atoms with Gasteiger partial charge in [0, 0.05) is 29.2 Å². The van der Waals surface area contributed by atoms with Gasteiger partial charge in [-0.05, 0) is 12.2 Å². The van der Waals surface area contributed by atoms with Gasteiger partial charge in [-0.1, -0.05) is 0 Å². The number of allylic oxidation sites excluding steroid dienone is 2. The van der Waals surface area contributed by atoms with Crippen molar-refractivity contribution in [2.24, 2.45) is 0 Å². The van der Waals surface area contributed by atoms with E-state index in [1.54, 1.807) is 12.4 Å². The van der Waals surface area contributed by atoms with Gasteiger partial charge in [0.2, 0.25) is 0 Å². The molecule has 0 fully saturated rings. The Labute approximate surface area is 47.3 Å². The van der Waals surface area contributed by atoms with Crippen molar-refractivity contribution in [1.29, 1.82) is 0 Å². The molecule has 0 aromatic carbocycles. The van der Waals surface area contributed by atoms with Crippen LogP contribution in [0.15, 0.2) is 24.6 Å². The minimum atomic E-state index is 0. The fraction of sp³-hybridized carbons (Fsp3) is 0. The average molecular weight is 125 g/mol. The van der Waals surface area contributed by atoms with Gasteiger partial charge in [0.05, 0.1) is 0 Å². The van der Waals surface area contributed by atoms with Crippen molar-refractivity contribution in [1.82, 2.24) is 5.32 Å². The summed E-state index contributed by atoms with van der Waals surface area (Å²) in [4.78, 5) is 0. The first kappa shape index (κ1) is 5.79. The van der Waals surface area contributed by atoms with Crippen LogP contribution in [0.4, 0.5) is 0 Å². The van der Waals surface area contributed by atoms with Crippen molar-refractivity contribution in [3.8, 4) is 0 Å². The molecule has 34 valence electrons. The number of hydrogen-bond acceptors (Lipinski definition) is 0. The molecule has 0 spiro atoms. The summed E-state index contributed by atoms with van der Waals surface area (Å²) in [5, 5.41) is 3.72. The third-order valence-corrected chi connectivity index (χ3v) is 0.455. The zero-order valence-electron chi connectivity index (χ0n) is 3.09. The van der Waals surface area contributed by atoms with E-state index in [1.165, 1.54) is 0 Å². The molecule has 1 heterocycles. The minimum absolute atomic E-state index is 0. The standard InChI is InChI=1S/C4H4N.Co/c1-2-4-5-3-1;/h1-4H;. The molecule has 2 radical (unpaired) electrons. The van der Waals surface area contributed by atoms with E-state index in [2.05, 4.69) is 5.32 Å². The van der Waals surface area contributed by atoms with Gasteiger partial charge in [-0.25, -0.2) is 0 Å². The molecule has 1 aliphatic heterocycles. The quantitative estimate of drug-likeness (QED) is 0.450. The van der Waals surface area contributed by atoms with Crippen LogP contribution in [0, 0.1) is 0 Å². The van der Waals surface area contributed by atoms with Crippen molar-refractivity contribution < 1.29 is 16.8 Å². The second-order valence-electron chi connectivity index (χ2n) is 0.832. The van der Waals surface area contributed by atoms with Gasteiger partial charge in [-0.3, -0.25) is 5.32 Å². The molecule has 0 saturated heterocycles. The molecule has 0 aliphatic carbocycles. The van der Waals surface area contributed by atoms with Crippen LogP contribution < -0.4 is 5.32 Å². The molecule has 1 aliphatic rings. The third-order valence-electron chi connectivity index (χ3n) is 0.455. The molecule has 0 N–H and O–H groups in total. The molecule has 0 saturated carbocycles. The van der Waals surface area contributed by atoms with E-state index in [9.17, 15) is 0 Å². The van der Waals surface area contributed by atoms with Crippen LogP contribution in [-0.2, 0) is 16.8 Å². The zero-order chi connectivity index (χ0) is 3.54. The fourth-order valence-corrected chi connectivity index (χ4v) is 0.248. The molecule has 0 aromatic rings. The monoisotopic (exact) mass is 125 g/mol. The Bertz CT molecular complexity index is 65.6. The molecule has 1 rings (SSSR count). The van der Waals surface area contributed by atoms with Crippen LogP contribution >= 0.6 is 0 Å². The van der Waals surface area contributed by atoms with Gasteiger partial charge in [0.1, 0.15) is 0 Å². The van der Waals surface area contributed by atoms with E-state index in [1.807, 2.05) is 12.2 Å². The normalized spacial score (nSPS) is 13.3. The van der Waals surface area contributed by atoms with Crippen LogP contribution in [0.2, 0.25) is 0 Å². The first-order chi connectivity index (χ1) is 2.50. The topological polar surface area (TPSA) is 14.1 Å². The summed E-state index contributed by atoms with van der Waals surface area (Å²) < 4.78 is 0. The molecular weight excluding hydrogens is 121 g/mol. The number of hydrogen-bond donors (Lipinski definition) is 0. The maximum atomic E-state index is 3.72. The molecule has 0 bridgehead atoms. The second-order valence-corrected chi connectivity index (χ2v) is 0.832. The van der Waals surface area contributed by atoms with E-state index >= 15 is 0 Å². The van der Waals surface area contributed by atoms with E-state index in [0.29, 0.717) is 0 Å². The van der Waals surface area contributed by atoms with Crippen LogP contribution in [0.5, 0.6) is 0 Å². The first-order valence-electron chi connectivity index (χ1n) is 1.52. The van der Waals surface area contributed by atoms with Crippen LogP contribution in [0.3, 0.4) is 0 Å². The van der Waals surface area contributed by atoms with Crippen LogP contribution in [0.1, 0.15) is 0 Å². The van der Waals surface area contributed by atoms with Gasteiger partial charge in [0.15, 0.2) is 0 Å². The Morgan fingerprint density at radius 2 is 1.50 bits per heavy atom. The molecule has 0 aromatic heterocycles. The number of nitrogens with zero attached hydrogens (tertiary/aromatic N) is 1. The Kier molecular flexibility index (Phi) is 2.89. The van der Waals surface area contributed by atoms with E-state index in [0.717, 1.165) is 0 Å². The fourth-order valence-electron chi connectivity index (χ4n) is 0.248. The van der Waals surface area contributed by atoms with Crippen molar-refractivity contribution in [2.45, 2.75) is 0 Å². The smallest absolute Gasteiger partial charge is 0.0268 e. The Hall–Kier alpha value is -0.214. The zero-order valence-corrected chi connectivity index (χ0v) is 4.13. The third kappa shape index (κ3) is 1.28. The van der Waals surface area contributed by atoms with Gasteiger partial charge >= 0.3 is 0 Å². The molecule has 0 amide bonds. The Balaban J connectivity index is 0.000000250. The Morgan fingerprint density at radius 3 is 1.67 bits per heavy atom. The molecule has 6 heavy (non-hydrogen) atoms. The van der Waals surface area contributed by atoms with E-state index in [4.69, 9.17) is 0 Å². The summed E-state index contributed by atoms with van der Waals surface area (Å²) >= 11 is 0. The largest absolute Gasteiger partial charge is 0.265 e. The Morgan fingerprint density at radius 1 is 1.00 bits per heavy atom. The van der Waals surface area contributed by atoms with Crippen molar-refractivity contribution in [2.75, 3.05) is 0 Å². The molecule has 2 heteroatoms. The van der Waals surface area contributed by atoms with Gasteiger partial charge in [-0.2, -0.15) is 0 Å². The van der Waals surface area contributed by atoms with Crippen molar-refractivity contribution >= 4 is 0 Å². The predicted octanol–water partition coefficient (Wildman–Crippen LogP) is 0.629. The van der Waals surface area contributed by atoms with Crippen molar-refractivity contribution in [3.63, 3.8) is 0 Å². The van der Waals surface area contributed by atoms with Gasteiger partial charge in [0.25, 0.3) is 0 Å². The van der Waals surface area contributed by atoms with Gasteiger partial charge < -0.3 is 0 Å². The van der Waals surface area contributed by atoms with Crippen LogP contribution in [0.25, 0.3) is 0 Å². The molecular formula is C4H4CoN. The number of rotatable bonds is 0. The summed E-state index contributed by atoms with van der Waals surface area (Å²) in [6.07, 6.45) is 7.28. The maximum Gasteiger partial charge on any atom is 0.0268 e. The van der Waals surface area contributed by atoms with E-state index < -0.39 is 0 Å². The molecule has 0 unspecified atom stereocenters. The van der Waals surface area contributed by atoms with E-state index in [-0.39, 0.29) is 16.8 Å². The summed E-state index contributed by atoms with van der Waals surface area (Å²) in [5.41, 5.74) is 0. The predicted molar refractivity (Wildman–Crippen MR) is 20.4 cm³/mol.